The van der Waals surface area contributed by atoms with Gasteiger partial charge in [-0.05, 0) is 13.3 Å². The van der Waals surface area contributed by atoms with Gasteiger partial charge in [0, 0.05) is 33.4 Å². The molecule has 0 aromatic heterocycles. The van der Waals surface area contributed by atoms with E-state index in [0.29, 0.717) is 39.1 Å². The van der Waals surface area contributed by atoms with Gasteiger partial charge in [-0.15, -0.1) is 0 Å². The Bertz CT molecular complexity index is 146. The lowest BCUT2D eigenvalue weighted by atomic mass is 10.2. The number of hydrogen-bond donors (Lipinski definition) is 1. The van der Waals surface area contributed by atoms with Crippen molar-refractivity contribution in [3.05, 3.63) is 0 Å². The van der Waals surface area contributed by atoms with Crippen LogP contribution in [0.15, 0.2) is 0 Å². The van der Waals surface area contributed by atoms with Crippen LogP contribution in [0.4, 0.5) is 0 Å². The molecule has 0 aromatic carbocycles. The van der Waals surface area contributed by atoms with E-state index in [1.165, 1.54) is 0 Å². The van der Waals surface area contributed by atoms with E-state index < -0.39 is 0 Å². The average molecular weight is 249 g/mol. The minimum atomic E-state index is 0.469. The van der Waals surface area contributed by atoms with Gasteiger partial charge >= 0.3 is 0 Å². The van der Waals surface area contributed by atoms with Crippen LogP contribution in [0, 0.1) is 0 Å². The third kappa shape index (κ3) is 13.7. The average Bonchev–Trinajstić information content (AvgIpc) is 2.34. The third-order valence-corrected chi connectivity index (χ3v) is 2.30. The first kappa shape index (κ1) is 16.8. The van der Waals surface area contributed by atoms with Gasteiger partial charge in [0.05, 0.1) is 33.0 Å². The second-order valence-electron chi connectivity index (χ2n) is 3.85. The topological polar surface area (TPSA) is 49.0 Å². The van der Waals surface area contributed by atoms with Crippen LogP contribution in [0.2, 0.25) is 0 Å². The van der Waals surface area contributed by atoms with Gasteiger partial charge in [0.1, 0.15) is 0 Å². The van der Waals surface area contributed by atoms with Gasteiger partial charge in [0.15, 0.2) is 0 Å². The third-order valence-electron chi connectivity index (χ3n) is 2.30. The molecule has 0 aliphatic rings. The number of nitrogens with one attached hydrogen (secondary N) is 1. The number of ether oxygens (including phenoxy) is 4. The highest BCUT2D eigenvalue weighted by Crippen LogP contribution is 1.89. The minimum absolute atomic E-state index is 0.469. The zero-order valence-corrected chi connectivity index (χ0v) is 11.4. The molecule has 1 unspecified atom stereocenters. The van der Waals surface area contributed by atoms with Gasteiger partial charge in [0.25, 0.3) is 0 Å². The van der Waals surface area contributed by atoms with Crippen molar-refractivity contribution >= 4 is 0 Å². The zero-order chi connectivity index (χ0) is 12.8. The van der Waals surface area contributed by atoms with Crippen LogP contribution >= 0.6 is 0 Å². The molecule has 0 fully saturated rings. The number of rotatable bonds is 13. The van der Waals surface area contributed by atoms with Gasteiger partial charge in [-0.3, -0.25) is 0 Å². The molecule has 0 saturated carbocycles. The molecule has 0 aliphatic heterocycles. The summed E-state index contributed by atoms with van der Waals surface area (Å²) >= 11 is 0. The maximum atomic E-state index is 5.41. The van der Waals surface area contributed by atoms with Crippen LogP contribution in [0.3, 0.4) is 0 Å². The van der Waals surface area contributed by atoms with Crippen LogP contribution < -0.4 is 5.32 Å². The predicted molar refractivity (Wildman–Crippen MR) is 67.5 cm³/mol. The Labute approximate surface area is 105 Å². The van der Waals surface area contributed by atoms with Gasteiger partial charge < -0.3 is 24.3 Å². The van der Waals surface area contributed by atoms with Crippen molar-refractivity contribution in [2.45, 2.75) is 19.4 Å². The summed E-state index contributed by atoms with van der Waals surface area (Å²) in [5, 5.41) is 3.36. The van der Waals surface area contributed by atoms with Crippen molar-refractivity contribution in [3.63, 3.8) is 0 Å². The Kier molecular flexibility index (Phi) is 13.7. The summed E-state index contributed by atoms with van der Waals surface area (Å²) < 4.78 is 20.5. The summed E-state index contributed by atoms with van der Waals surface area (Å²) in [6, 6.07) is 0.469. The first-order valence-corrected chi connectivity index (χ1v) is 6.18. The van der Waals surface area contributed by atoms with Crippen molar-refractivity contribution in [2.24, 2.45) is 0 Å². The van der Waals surface area contributed by atoms with Crippen molar-refractivity contribution in [1.29, 1.82) is 0 Å². The standard InChI is InChI=1S/C12H27NO4/c1-12(4-6-14-2)13-5-7-16-10-11-17-9-8-15-3/h12-13H,4-11H2,1-3H3. The Morgan fingerprint density at radius 1 is 0.824 bits per heavy atom. The second kappa shape index (κ2) is 13.9. The summed E-state index contributed by atoms with van der Waals surface area (Å²) in [6.07, 6.45) is 1.02. The molecule has 0 aliphatic carbocycles. The summed E-state index contributed by atoms with van der Waals surface area (Å²) in [4.78, 5) is 0. The fourth-order valence-corrected chi connectivity index (χ4v) is 1.24. The Hall–Kier alpha value is -0.200. The van der Waals surface area contributed by atoms with Gasteiger partial charge in [-0.25, -0.2) is 0 Å². The van der Waals surface area contributed by atoms with Crippen molar-refractivity contribution in [1.82, 2.24) is 5.32 Å². The first-order valence-electron chi connectivity index (χ1n) is 6.18. The maximum absolute atomic E-state index is 5.41. The van der Waals surface area contributed by atoms with Crippen LogP contribution in [-0.4, -0.2) is 66.4 Å². The van der Waals surface area contributed by atoms with E-state index >= 15 is 0 Å². The van der Waals surface area contributed by atoms with Gasteiger partial charge in [-0.1, -0.05) is 0 Å². The summed E-state index contributed by atoms with van der Waals surface area (Å²) in [7, 11) is 3.38. The summed E-state index contributed by atoms with van der Waals surface area (Å²) in [5.74, 6) is 0. The van der Waals surface area contributed by atoms with Crippen molar-refractivity contribution in [3.8, 4) is 0 Å². The van der Waals surface area contributed by atoms with E-state index in [1.807, 2.05) is 0 Å². The normalized spacial score (nSPS) is 12.9. The zero-order valence-electron chi connectivity index (χ0n) is 11.4. The lowest BCUT2D eigenvalue weighted by molar-refractivity contribution is 0.0251. The lowest BCUT2D eigenvalue weighted by Crippen LogP contribution is -2.30. The van der Waals surface area contributed by atoms with E-state index in [1.54, 1.807) is 14.2 Å². The second-order valence-corrected chi connectivity index (χ2v) is 3.85. The molecule has 0 heterocycles. The van der Waals surface area contributed by atoms with E-state index in [-0.39, 0.29) is 0 Å². The molecule has 1 atom stereocenters. The van der Waals surface area contributed by atoms with E-state index in [0.717, 1.165) is 19.6 Å². The predicted octanol–water partition coefficient (Wildman–Crippen LogP) is 0.681. The highest BCUT2D eigenvalue weighted by Gasteiger charge is 1.99. The quantitative estimate of drug-likeness (QED) is 0.486. The van der Waals surface area contributed by atoms with Crippen molar-refractivity contribution in [2.75, 3.05) is 60.4 Å². The monoisotopic (exact) mass is 249 g/mol. The van der Waals surface area contributed by atoms with Crippen LogP contribution in [-0.2, 0) is 18.9 Å². The molecule has 1 N–H and O–H groups in total. The maximum Gasteiger partial charge on any atom is 0.0701 e. The Morgan fingerprint density at radius 3 is 2.06 bits per heavy atom. The highest BCUT2D eigenvalue weighted by molar-refractivity contribution is 4.59. The molecule has 104 valence electrons. The molecule has 0 aromatic rings. The lowest BCUT2D eigenvalue weighted by Gasteiger charge is -2.13. The summed E-state index contributed by atoms with van der Waals surface area (Å²) in [6.45, 7) is 7.05. The molecule has 0 radical (unpaired) electrons. The number of hydrogen-bond acceptors (Lipinski definition) is 5. The largest absolute Gasteiger partial charge is 0.385 e. The number of methoxy groups -OCH3 is 2. The smallest absolute Gasteiger partial charge is 0.0701 e. The minimum Gasteiger partial charge on any atom is -0.385 e. The van der Waals surface area contributed by atoms with Crippen molar-refractivity contribution < 1.29 is 18.9 Å². The molecule has 5 heteroatoms. The molecule has 0 bridgehead atoms. The van der Waals surface area contributed by atoms with E-state index in [9.17, 15) is 0 Å². The summed E-state index contributed by atoms with van der Waals surface area (Å²) in [5.41, 5.74) is 0. The van der Waals surface area contributed by atoms with Crippen LogP contribution in [0.25, 0.3) is 0 Å². The van der Waals surface area contributed by atoms with Crippen LogP contribution in [0.5, 0.6) is 0 Å². The van der Waals surface area contributed by atoms with Gasteiger partial charge in [-0.2, -0.15) is 0 Å². The fourth-order valence-electron chi connectivity index (χ4n) is 1.24. The fraction of sp³-hybridized carbons (Fsp3) is 1.00. The molecule has 5 nitrogen and oxygen atoms in total. The van der Waals surface area contributed by atoms with Crippen LogP contribution in [0.1, 0.15) is 13.3 Å². The Morgan fingerprint density at radius 2 is 1.41 bits per heavy atom. The van der Waals surface area contributed by atoms with Gasteiger partial charge in [0.2, 0.25) is 0 Å². The molecule has 17 heavy (non-hydrogen) atoms. The molecule has 0 saturated heterocycles. The molecular formula is C12H27NO4. The highest BCUT2D eigenvalue weighted by atomic mass is 16.5. The first-order chi connectivity index (χ1) is 8.31. The van der Waals surface area contributed by atoms with E-state index in [2.05, 4.69) is 12.2 Å². The van der Waals surface area contributed by atoms with E-state index in [4.69, 9.17) is 18.9 Å². The molecule has 0 amide bonds. The SMILES string of the molecule is COCCOCCOCCNC(C)CCOC. The molecular weight excluding hydrogens is 222 g/mol. The molecule has 0 spiro atoms. The molecule has 0 rings (SSSR count). The Balaban J connectivity index is 3.02.